The highest BCUT2D eigenvalue weighted by Crippen LogP contribution is 2.24. The van der Waals surface area contributed by atoms with Gasteiger partial charge in [-0.2, -0.15) is 5.10 Å². The number of rotatable bonds is 2. The Bertz CT molecular complexity index is 697. The van der Waals surface area contributed by atoms with Crippen LogP contribution in [-0.4, -0.2) is 36.4 Å². The summed E-state index contributed by atoms with van der Waals surface area (Å²) in [5, 5.41) is 6.37. The number of anilines is 2. The van der Waals surface area contributed by atoms with Crippen LogP contribution in [0.25, 0.3) is 0 Å². The average molecular weight is 309 g/mol. The van der Waals surface area contributed by atoms with Crippen LogP contribution in [0.4, 0.5) is 15.8 Å². The van der Waals surface area contributed by atoms with E-state index in [1.807, 2.05) is 15.9 Å². The molecule has 1 aromatic heterocycles. The van der Waals surface area contributed by atoms with E-state index in [1.165, 1.54) is 12.3 Å². The lowest BCUT2D eigenvalue weighted by molar-refractivity contribution is 0.597. The summed E-state index contributed by atoms with van der Waals surface area (Å²) in [5.41, 5.74) is 0.716. The maximum Gasteiger partial charge on any atom is 0.289 e. The van der Waals surface area contributed by atoms with Crippen LogP contribution in [0, 0.1) is 5.82 Å². The molecule has 1 aliphatic rings. The summed E-state index contributed by atoms with van der Waals surface area (Å²) in [6.07, 6.45) is 1.42. The first-order valence-electron chi connectivity index (χ1n) is 6.64. The van der Waals surface area contributed by atoms with Crippen LogP contribution in [-0.2, 0) is 0 Å². The Morgan fingerprint density at radius 2 is 1.81 bits per heavy atom. The van der Waals surface area contributed by atoms with Gasteiger partial charge in [0.15, 0.2) is 0 Å². The van der Waals surface area contributed by atoms with Crippen molar-refractivity contribution in [2.75, 3.05) is 36.0 Å². The molecule has 0 aliphatic carbocycles. The van der Waals surface area contributed by atoms with E-state index in [1.54, 1.807) is 12.1 Å². The van der Waals surface area contributed by atoms with E-state index in [9.17, 15) is 9.18 Å². The number of hydrogen-bond donors (Lipinski definition) is 1. The number of piperazine rings is 1. The van der Waals surface area contributed by atoms with Crippen LogP contribution >= 0.6 is 11.6 Å². The van der Waals surface area contributed by atoms with Crippen molar-refractivity contribution in [3.05, 3.63) is 51.7 Å². The van der Waals surface area contributed by atoms with Gasteiger partial charge in [-0.25, -0.2) is 9.49 Å². The van der Waals surface area contributed by atoms with Crippen molar-refractivity contribution >= 4 is 23.0 Å². The van der Waals surface area contributed by atoms with E-state index in [2.05, 4.69) is 10.2 Å². The Balaban J connectivity index is 1.77. The van der Waals surface area contributed by atoms with Gasteiger partial charge in [-0.1, -0.05) is 23.7 Å². The standard InChI is InChI=1S/C14H14ClFN4O/c15-10-9-17-18-14(21)13(10)20-7-5-19(6-8-20)12-4-2-1-3-11(12)16/h1-4,9H,5-8H2,(H,18,21). The molecule has 0 amide bonds. The molecule has 1 aromatic carbocycles. The van der Waals surface area contributed by atoms with Gasteiger partial charge in [0.2, 0.25) is 0 Å². The minimum atomic E-state index is -0.304. The molecule has 0 bridgehead atoms. The van der Waals surface area contributed by atoms with Crippen LogP contribution in [0.15, 0.2) is 35.3 Å². The molecule has 1 fully saturated rings. The third-order valence-corrected chi connectivity index (χ3v) is 3.85. The monoisotopic (exact) mass is 308 g/mol. The predicted molar refractivity (Wildman–Crippen MR) is 80.7 cm³/mol. The van der Waals surface area contributed by atoms with Gasteiger partial charge >= 0.3 is 0 Å². The van der Waals surface area contributed by atoms with E-state index in [4.69, 9.17) is 11.6 Å². The number of aromatic amines is 1. The Hall–Kier alpha value is -2.08. The van der Waals surface area contributed by atoms with Gasteiger partial charge in [-0.15, -0.1) is 0 Å². The van der Waals surface area contributed by atoms with Crippen LogP contribution in [0.2, 0.25) is 5.02 Å². The molecule has 2 heterocycles. The summed E-state index contributed by atoms with van der Waals surface area (Å²) in [6.45, 7) is 2.44. The summed E-state index contributed by atoms with van der Waals surface area (Å²) in [6, 6.07) is 6.70. The largest absolute Gasteiger partial charge is 0.366 e. The molecular formula is C14H14ClFN4O. The lowest BCUT2D eigenvalue weighted by Crippen LogP contribution is -2.48. The van der Waals surface area contributed by atoms with E-state index in [-0.39, 0.29) is 11.4 Å². The first-order chi connectivity index (χ1) is 10.2. The molecule has 2 aromatic rings. The Kier molecular flexibility index (Phi) is 3.79. The third kappa shape index (κ3) is 2.71. The highest BCUT2D eigenvalue weighted by atomic mass is 35.5. The third-order valence-electron chi connectivity index (χ3n) is 3.57. The molecule has 5 nitrogen and oxygen atoms in total. The number of H-pyrrole nitrogens is 1. The lowest BCUT2D eigenvalue weighted by atomic mass is 10.2. The van der Waals surface area contributed by atoms with Crippen LogP contribution in [0.3, 0.4) is 0 Å². The second-order valence-corrected chi connectivity index (χ2v) is 5.23. The minimum Gasteiger partial charge on any atom is -0.366 e. The first kappa shape index (κ1) is 13.9. The number of benzene rings is 1. The van der Waals surface area contributed by atoms with Crippen molar-refractivity contribution < 1.29 is 4.39 Å². The maximum absolute atomic E-state index is 13.8. The van der Waals surface area contributed by atoms with Gasteiger partial charge in [0.1, 0.15) is 11.5 Å². The SMILES string of the molecule is O=c1[nH]ncc(Cl)c1N1CCN(c2ccccc2F)CC1. The molecule has 1 aliphatic heterocycles. The van der Waals surface area contributed by atoms with Crippen molar-refractivity contribution in [3.8, 4) is 0 Å². The molecule has 110 valence electrons. The van der Waals surface area contributed by atoms with Crippen molar-refractivity contribution in [1.29, 1.82) is 0 Å². The molecule has 0 unspecified atom stereocenters. The zero-order chi connectivity index (χ0) is 14.8. The molecule has 3 rings (SSSR count). The van der Waals surface area contributed by atoms with Crippen molar-refractivity contribution in [1.82, 2.24) is 10.2 Å². The molecule has 21 heavy (non-hydrogen) atoms. The van der Waals surface area contributed by atoms with Crippen LogP contribution < -0.4 is 15.4 Å². The fraction of sp³-hybridized carbons (Fsp3) is 0.286. The van der Waals surface area contributed by atoms with Gasteiger partial charge in [0.25, 0.3) is 5.56 Å². The highest BCUT2D eigenvalue weighted by Gasteiger charge is 2.22. The van der Waals surface area contributed by atoms with Gasteiger partial charge in [-0.05, 0) is 12.1 Å². The van der Waals surface area contributed by atoms with E-state index in [0.717, 1.165) is 0 Å². The highest BCUT2D eigenvalue weighted by molar-refractivity contribution is 6.33. The second kappa shape index (κ2) is 5.73. The van der Waals surface area contributed by atoms with Gasteiger partial charge in [0.05, 0.1) is 16.9 Å². The summed E-state index contributed by atoms with van der Waals surface area (Å²) >= 11 is 6.04. The van der Waals surface area contributed by atoms with E-state index in [0.29, 0.717) is 42.6 Å². The smallest absolute Gasteiger partial charge is 0.289 e. The van der Waals surface area contributed by atoms with Crippen LogP contribution in [0.1, 0.15) is 0 Å². The molecule has 1 saturated heterocycles. The lowest BCUT2D eigenvalue weighted by Gasteiger charge is -2.37. The van der Waals surface area contributed by atoms with Crippen molar-refractivity contribution in [3.63, 3.8) is 0 Å². The van der Waals surface area contributed by atoms with Gasteiger partial charge < -0.3 is 9.80 Å². The Morgan fingerprint density at radius 3 is 2.48 bits per heavy atom. The van der Waals surface area contributed by atoms with Crippen LogP contribution in [0.5, 0.6) is 0 Å². The predicted octanol–water partition coefficient (Wildman–Crippen LogP) is 1.89. The summed E-state index contributed by atoms with van der Waals surface area (Å²) < 4.78 is 13.8. The average Bonchev–Trinajstić information content (AvgIpc) is 2.48. The van der Waals surface area contributed by atoms with Gasteiger partial charge in [-0.3, -0.25) is 4.79 Å². The molecule has 0 radical (unpaired) electrons. The summed E-state index contributed by atoms with van der Waals surface area (Å²) in [7, 11) is 0. The van der Waals surface area contributed by atoms with E-state index < -0.39 is 0 Å². The molecule has 7 heteroatoms. The fourth-order valence-corrected chi connectivity index (χ4v) is 2.80. The Morgan fingerprint density at radius 1 is 1.14 bits per heavy atom. The fourth-order valence-electron chi connectivity index (χ4n) is 2.54. The maximum atomic E-state index is 13.8. The summed E-state index contributed by atoms with van der Waals surface area (Å²) in [4.78, 5) is 15.7. The number of halogens is 2. The molecule has 0 spiro atoms. The normalized spacial score (nSPS) is 15.3. The van der Waals surface area contributed by atoms with Crippen molar-refractivity contribution in [2.24, 2.45) is 0 Å². The number of hydrogen-bond acceptors (Lipinski definition) is 4. The Labute approximate surface area is 126 Å². The number of nitrogens with one attached hydrogen (secondary N) is 1. The molecule has 0 saturated carbocycles. The van der Waals surface area contributed by atoms with E-state index >= 15 is 0 Å². The first-order valence-corrected chi connectivity index (χ1v) is 7.02. The second-order valence-electron chi connectivity index (χ2n) is 4.82. The summed E-state index contributed by atoms with van der Waals surface area (Å²) in [5.74, 6) is -0.231. The van der Waals surface area contributed by atoms with Crippen molar-refractivity contribution in [2.45, 2.75) is 0 Å². The van der Waals surface area contributed by atoms with Gasteiger partial charge in [0, 0.05) is 26.2 Å². The number of nitrogens with zero attached hydrogens (tertiary/aromatic N) is 3. The number of para-hydroxylation sites is 1. The quantitative estimate of drug-likeness (QED) is 0.920. The molecular weight excluding hydrogens is 295 g/mol. The molecule has 1 N–H and O–H groups in total. The zero-order valence-corrected chi connectivity index (χ0v) is 12.0. The zero-order valence-electron chi connectivity index (χ0n) is 11.2. The topological polar surface area (TPSA) is 52.2 Å². The molecule has 0 atom stereocenters. The number of aromatic nitrogens is 2. The minimum absolute atomic E-state index is 0.231.